The van der Waals surface area contributed by atoms with Crippen molar-refractivity contribution in [3.05, 3.63) is 110 Å². The SMILES string of the molecule is O=c1cc(-c2cc3cc(Cl)ccc3oc2=O)c2ccc3c(c2o1)CN(Cc1ccccc1)CO3. The molecule has 3 heterocycles. The highest BCUT2D eigenvalue weighted by Gasteiger charge is 2.24. The number of fused-ring (bicyclic) bond motifs is 4. The maximum atomic E-state index is 12.9. The van der Waals surface area contributed by atoms with E-state index in [2.05, 4.69) is 17.0 Å². The fraction of sp³-hybridized carbons (Fsp3) is 0.111. The maximum Gasteiger partial charge on any atom is 0.344 e. The van der Waals surface area contributed by atoms with Gasteiger partial charge in [-0.1, -0.05) is 41.9 Å². The van der Waals surface area contributed by atoms with E-state index in [1.165, 1.54) is 6.07 Å². The molecule has 34 heavy (non-hydrogen) atoms. The minimum atomic E-state index is -0.554. The molecule has 6 rings (SSSR count). The summed E-state index contributed by atoms with van der Waals surface area (Å²) in [6.45, 7) is 1.65. The van der Waals surface area contributed by atoms with Crippen molar-refractivity contribution < 1.29 is 13.6 Å². The monoisotopic (exact) mass is 471 g/mol. The lowest BCUT2D eigenvalue weighted by Crippen LogP contribution is -2.31. The molecule has 0 aliphatic carbocycles. The highest BCUT2D eigenvalue weighted by Crippen LogP contribution is 2.36. The molecule has 1 aliphatic heterocycles. The van der Waals surface area contributed by atoms with Crippen molar-refractivity contribution in [3.63, 3.8) is 0 Å². The number of benzene rings is 3. The third-order valence-corrected chi connectivity index (χ3v) is 6.23. The fourth-order valence-electron chi connectivity index (χ4n) is 4.43. The smallest absolute Gasteiger partial charge is 0.344 e. The first-order valence-corrected chi connectivity index (χ1v) is 11.2. The maximum absolute atomic E-state index is 12.9. The van der Waals surface area contributed by atoms with Crippen LogP contribution in [0.15, 0.2) is 91.2 Å². The van der Waals surface area contributed by atoms with Gasteiger partial charge in [-0.3, -0.25) is 4.90 Å². The van der Waals surface area contributed by atoms with Crippen molar-refractivity contribution in [2.75, 3.05) is 6.73 Å². The van der Waals surface area contributed by atoms with Gasteiger partial charge in [-0.15, -0.1) is 0 Å². The summed E-state index contributed by atoms with van der Waals surface area (Å²) < 4.78 is 17.1. The van der Waals surface area contributed by atoms with Crippen molar-refractivity contribution >= 4 is 33.5 Å². The van der Waals surface area contributed by atoms with E-state index >= 15 is 0 Å². The molecule has 3 aromatic carbocycles. The Bertz CT molecular complexity index is 1670. The van der Waals surface area contributed by atoms with Crippen LogP contribution in [-0.4, -0.2) is 11.6 Å². The van der Waals surface area contributed by atoms with Gasteiger partial charge in [0.2, 0.25) is 0 Å². The Balaban J connectivity index is 1.49. The fourth-order valence-corrected chi connectivity index (χ4v) is 4.61. The molecule has 6 nitrogen and oxygen atoms in total. The average molecular weight is 472 g/mol. The molecule has 0 saturated carbocycles. The second kappa shape index (κ2) is 8.17. The first kappa shape index (κ1) is 20.7. The lowest BCUT2D eigenvalue weighted by atomic mass is 9.99. The zero-order valence-electron chi connectivity index (χ0n) is 17.9. The summed E-state index contributed by atoms with van der Waals surface area (Å²) in [7, 11) is 0. The summed E-state index contributed by atoms with van der Waals surface area (Å²) in [5, 5.41) is 1.82. The molecule has 0 radical (unpaired) electrons. The summed E-state index contributed by atoms with van der Waals surface area (Å²) in [5.41, 5.74) is 2.38. The van der Waals surface area contributed by atoms with E-state index in [0.29, 0.717) is 58.1 Å². The lowest BCUT2D eigenvalue weighted by molar-refractivity contribution is 0.0890. The van der Waals surface area contributed by atoms with Crippen molar-refractivity contribution in [1.82, 2.24) is 4.90 Å². The van der Waals surface area contributed by atoms with Crippen LogP contribution in [0, 0.1) is 0 Å². The van der Waals surface area contributed by atoms with Gasteiger partial charge in [0.15, 0.2) is 0 Å². The zero-order chi connectivity index (χ0) is 23.2. The van der Waals surface area contributed by atoms with Crippen LogP contribution in [0.5, 0.6) is 5.75 Å². The topological polar surface area (TPSA) is 72.9 Å². The van der Waals surface area contributed by atoms with Crippen LogP contribution in [0.4, 0.5) is 0 Å². The van der Waals surface area contributed by atoms with E-state index < -0.39 is 11.3 Å². The van der Waals surface area contributed by atoms with Crippen LogP contribution in [0.1, 0.15) is 11.1 Å². The molecular formula is C27H18ClNO5. The summed E-state index contributed by atoms with van der Waals surface area (Å²) >= 11 is 6.12. The predicted molar refractivity (Wildman–Crippen MR) is 130 cm³/mol. The van der Waals surface area contributed by atoms with Gasteiger partial charge in [0.05, 0.1) is 11.1 Å². The minimum Gasteiger partial charge on any atom is -0.478 e. The highest BCUT2D eigenvalue weighted by atomic mass is 35.5. The molecule has 1 aliphatic rings. The van der Waals surface area contributed by atoms with E-state index in [0.717, 1.165) is 11.1 Å². The minimum absolute atomic E-state index is 0.269. The number of hydrogen-bond donors (Lipinski definition) is 0. The van der Waals surface area contributed by atoms with Gasteiger partial charge in [-0.05, 0) is 42.0 Å². The molecule has 0 fully saturated rings. The summed E-state index contributed by atoms with van der Waals surface area (Å²) in [4.78, 5) is 27.6. The van der Waals surface area contributed by atoms with E-state index in [1.54, 1.807) is 30.3 Å². The van der Waals surface area contributed by atoms with Crippen molar-refractivity contribution in [1.29, 1.82) is 0 Å². The summed E-state index contributed by atoms with van der Waals surface area (Å²) in [5.74, 6) is 0.662. The van der Waals surface area contributed by atoms with E-state index in [-0.39, 0.29) is 5.56 Å². The Morgan fingerprint density at radius 2 is 1.74 bits per heavy atom. The van der Waals surface area contributed by atoms with Crippen molar-refractivity contribution in [2.45, 2.75) is 13.1 Å². The number of hydrogen-bond acceptors (Lipinski definition) is 6. The van der Waals surface area contributed by atoms with Gasteiger partial charge < -0.3 is 13.6 Å². The number of halogens is 1. The molecule has 0 N–H and O–H groups in total. The molecule has 2 aromatic heterocycles. The molecule has 7 heteroatoms. The average Bonchev–Trinajstić information content (AvgIpc) is 2.84. The Morgan fingerprint density at radius 3 is 2.59 bits per heavy atom. The second-order valence-corrected chi connectivity index (χ2v) is 8.71. The predicted octanol–water partition coefficient (Wildman–Crippen LogP) is 5.57. The van der Waals surface area contributed by atoms with Crippen LogP contribution in [-0.2, 0) is 13.1 Å². The molecule has 0 spiro atoms. The molecular weight excluding hydrogens is 454 g/mol. The van der Waals surface area contributed by atoms with Gasteiger partial charge in [-0.25, -0.2) is 9.59 Å². The number of nitrogens with zero attached hydrogens (tertiary/aromatic N) is 1. The Labute approximate surface area is 198 Å². The van der Waals surface area contributed by atoms with Gasteiger partial charge >= 0.3 is 11.3 Å². The lowest BCUT2D eigenvalue weighted by Gasteiger charge is -2.29. The molecule has 0 unspecified atom stereocenters. The number of ether oxygens (including phenoxy) is 1. The van der Waals surface area contributed by atoms with Gasteiger partial charge in [0.25, 0.3) is 0 Å². The van der Waals surface area contributed by atoms with Gasteiger partial charge in [0, 0.05) is 40.5 Å². The number of rotatable bonds is 3. The Hall–Kier alpha value is -3.87. The molecule has 0 bridgehead atoms. The van der Waals surface area contributed by atoms with Crippen LogP contribution >= 0.6 is 11.6 Å². The van der Waals surface area contributed by atoms with Crippen LogP contribution in [0.3, 0.4) is 0 Å². The summed E-state index contributed by atoms with van der Waals surface area (Å²) in [6.07, 6.45) is 0. The van der Waals surface area contributed by atoms with Gasteiger partial charge in [0.1, 0.15) is 23.6 Å². The first-order chi connectivity index (χ1) is 16.5. The molecule has 0 amide bonds. The zero-order valence-corrected chi connectivity index (χ0v) is 18.7. The standard InChI is InChI=1S/C27H18ClNO5/c28-18-6-8-23-17(10-18)11-21(27(31)33-23)20-12-25(30)34-26-19(20)7-9-24-22(26)14-29(15-32-24)13-16-4-2-1-3-5-16/h1-12H,13-15H2. The molecule has 0 saturated heterocycles. The van der Waals surface area contributed by atoms with Crippen LogP contribution < -0.4 is 16.0 Å². The second-order valence-electron chi connectivity index (χ2n) is 8.27. The largest absolute Gasteiger partial charge is 0.478 e. The molecule has 168 valence electrons. The van der Waals surface area contributed by atoms with Crippen LogP contribution in [0.25, 0.3) is 33.1 Å². The first-order valence-electron chi connectivity index (χ1n) is 10.8. The third kappa shape index (κ3) is 3.67. The van der Waals surface area contributed by atoms with E-state index in [1.807, 2.05) is 24.3 Å². The van der Waals surface area contributed by atoms with Gasteiger partial charge in [-0.2, -0.15) is 0 Å². The normalized spacial score (nSPS) is 13.7. The quantitative estimate of drug-likeness (QED) is 0.320. The molecule has 5 aromatic rings. The third-order valence-electron chi connectivity index (χ3n) is 5.99. The van der Waals surface area contributed by atoms with E-state index in [9.17, 15) is 9.59 Å². The van der Waals surface area contributed by atoms with Crippen molar-refractivity contribution in [2.24, 2.45) is 0 Å². The van der Waals surface area contributed by atoms with Crippen molar-refractivity contribution in [3.8, 4) is 16.9 Å². The van der Waals surface area contributed by atoms with Crippen LogP contribution in [0.2, 0.25) is 5.02 Å². The molecule has 0 atom stereocenters. The Kier molecular flexibility index (Phi) is 4.98. The Morgan fingerprint density at radius 1 is 0.882 bits per heavy atom. The summed E-state index contributed by atoms with van der Waals surface area (Å²) in [6, 6.07) is 21.8. The van der Waals surface area contributed by atoms with E-state index in [4.69, 9.17) is 25.2 Å². The highest BCUT2D eigenvalue weighted by molar-refractivity contribution is 6.31.